The van der Waals surface area contributed by atoms with Crippen LogP contribution in [-0.4, -0.2) is 36.6 Å². The second-order valence-electron chi connectivity index (χ2n) is 7.74. The predicted octanol–water partition coefficient (Wildman–Crippen LogP) is 4.18. The zero-order valence-corrected chi connectivity index (χ0v) is 19.6. The number of aromatic nitrogens is 2. The summed E-state index contributed by atoms with van der Waals surface area (Å²) in [6.07, 6.45) is 3.96. The number of nitrogens with zero attached hydrogens (tertiary/aromatic N) is 2. The van der Waals surface area contributed by atoms with E-state index in [2.05, 4.69) is 10.3 Å². The molecule has 0 saturated carbocycles. The van der Waals surface area contributed by atoms with Gasteiger partial charge < -0.3 is 28.7 Å². The number of nitrogens with one attached hydrogen (secondary N) is 1. The lowest BCUT2D eigenvalue weighted by molar-refractivity contribution is 0.0950. The first-order valence-corrected chi connectivity index (χ1v) is 10.7. The Hall–Kier alpha value is -4.20. The van der Waals surface area contributed by atoms with Crippen LogP contribution in [0.25, 0.3) is 5.65 Å². The van der Waals surface area contributed by atoms with Gasteiger partial charge >= 0.3 is 0 Å². The zero-order chi connectivity index (χ0) is 24.1. The van der Waals surface area contributed by atoms with Gasteiger partial charge in [0.2, 0.25) is 5.75 Å². The van der Waals surface area contributed by atoms with Gasteiger partial charge in [0.15, 0.2) is 11.5 Å². The van der Waals surface area contributed by atoms with Gasteiger partial charge in [-0.25, -0.2) is 4.98 Å². The average molecular weight is 462 g/mol. The number of hydrogen-bond acceptors (Lipinski definition) is 6. The fourth-order valence-electron chi connectivity index (χ4n) is 3.63. The molecule has 1 N–H and O–H groups in total. The number of carbonyl (C=O) groups is 1. The van der Waals surface area contributed by atoms with E-state index in [1.165, 1.54) is 0 Å². The number of carbonyl (C=O) groups excluding carboxylic acids is 1. The summed E-state index contributed by atoms with van der Waals surface area (Å²) < 4.78 is 24.0. The quantitative estimate of drug-likeness (QED) is 0.403. The highest BCUT2D eigenvalue weighted by Gasteiger charge is 2.14. The number of methoxy groups -OCH3 is 3. The Bertz CT molecular complexity index is 1290. The number of ether oxygens (including phenoxy) is 4. The molecule has 176 valence electrons. The van der Waals surface area contributed by atoms with Gasteiger partial charge in [-0.05, 0) is 54.4 Å². The Balaban J connectivity index is 1.40. The van der Waals surface area contributed by atoms with Gasteiger partial charge in [-0.15, -0.1) is 0 Å². The van der Waals surface area contributed by atoms with E-state index in [-0.39, 0.29) is 5.91 Å². The molecule has 0 aliphatic heterocycles. The number of aryl methyl sites for hydroxylation is 1. The summed E-state index contributed by atoms with van der Waals surface area (Å²) in [7, 11) is 4.66. The van der Waals surface area contributed by atoms with E-state index < -0.39 is 0 Å². The fourth-order valence-corrected chi connectivity index (χ4v) is 3.63. The highest BCUT2D eigenvalue weighted by Crippen LogP contribution is 2.38. The molecule has 4 aromatic rings. The van der Waals surface area contributed by atoms with Crippen LogP contribution in [0.2, 0.25) is 0 Å². The minimum atomic E-state index is -0.220. The molecule has 2 heterocycles. The van der Waals surface area contributed by atoms with E-state index in [0.29, 0.717) is 41.7 Å². The van der Waals surface area contributed by atoms with Crippen LogP contribution in [0, 0.1) is 6.92 Å². The standard InChI is InChI=1S/C26H27N3O5/c1-17-8-9-24-28-20(15-29(24)14-17)16-34-21-7-5-6-19(12-21)26(30)27-13-18-10-22(31-2)25(33-4)23(11-18)32-3/h5-12,14-15H,13,16H2,1-4H3,(H,27,30). The van der Waals surface area contributed by atoms with Crippen molar-refractivity contribution in [1.82, 2.24) is 14.7 Å². The van der Waals surface area contributed by atoms with Crippen LogP contribution in [0.5, 0.6) is 23.0 Å². The molecule has 0 aliphatic carbocycles. The molecule has 0 unspecified atom stereocenters. The predicted molar refractivity (Wildman–Crippen MR) is 128 cm³/mol. The molecular formula is C26H27N3O5. The zero-order valence-electron chi connectivity index (χ0n) is 19.6. The van der Waals surface area contributed by atoms with Crippen LogP contribution in [0.15, 0.2) is 60.9 Å². The topological polar surface area (TPSA) is 83.3 Å². The van der Waals surface area contributed by atoms with E-state index >= 15 is 0 Å². The number of pyridine rings is 1. The van der Waals surface area contributed by atoms with Crippen LogP contribution < -0.4 is 24.3 Å². The van der Waals surface area contributed by atoms with Gasteiger partial charge in [-0.1, -0.05) is 12.1 Å². The summed E-state index contributed by atoms with van der Waals surface area (Å²) in [5.41, 5.74) is 4.14. The van der Waals surface area contributed by atoms with Gasteiger partial charge in [0.05, 0.1) is 27.0 Å². The van der Waals surface area contributed by atoms with Crippen molar-refractivity contribution in [3.05, 3.63) is 83.3 Å². The van der Waals surface area contributed by atoms with Crippen molar-refractivity contribution >= 4 is 11.6 Å². The number of imidazole rings is 1. The van der Waals surface area contributed by atoms with Crippen LogP contribution in [0.1, 0.15) is 27.2 Å². The monoisotopic (exact) mass is 461 g/mol. The van der Waals surface area contributed by atoms with Crippen molar-refractivity contribution in [1.29, 1.82) is 0 Å². The summed E-state index contributed by atoms with van der Waals surface area (Å²) >= 11 is 0. The van der Waals surface area contributed by atoms with Crippen LogP contribution >= 0.6 is 0 Å². The first-order valence-electron chi connectivity index (χ1n) is 10.7. The third-order valence-corrected chi connectivity index (χ3v) is 5.31. The molecule has 0 saturated heterocycles. The molecule has 0 aliphatic rings. The molecule has 0 radical (unpaired) electrons. The number of amides is 1. The minimum Gasteiger partial charge on any atom is -0.493 e. The molecule has 2 aromatic heterocycles. The Morgan fingerprint density at radius 1 is 0.971 bits per heavy atom. The van der Waals surface area contributed by atoms with Gasteiger partial charge in [0.25, 0.3) is 5.91 Å². The number of hydrogen-bond donors (Lipinski definition) is 1. The Morgan fingerprint density at radius 3 is 2.44 bits per heavy atom. The lowest BCUT2D eigenvalue weighted by Gasteiger charge is -2.14. The van der Waals surface area contributed by atoms with Crippen molar-refractivity contribution in [3.8, 4) is 23.0 Å². The Morgan fingerprint density at radius 2 is 1.74 bits per heavy atom. The van der Waals surface area contributed by atoms with Crippen LogP contribution in [0.4, 0.5) is 0 Å². The second kappa shape index (κ2) is 10.2. The number of rotatable bonds is 9. The molecule has 0 bridgehead atoms. The maximum Gasteiger partial charge on any atom is 0.251 e. The van der Waals surface area contributed by atoms with E-state index in [1.54, 1.807) is 51.7 Å². The summed E-state index contributed by atoms with van der Waals surface area (Å²) in [5, 5.41) is 2.92. The normalized spacial score (nSPS) is 10.7. The third-order valence-electron chi connectivity index (χ3n) is 5.31. The summed E-state index contributed by atoms with van der Waals surface area (Å²) in [4.78, 5) is 17.3. The van der Waals surface area contributed by atoms with Crippen molar-refractivity contribution in [3.63, 3.8) is 0 Å². The van der Waals surface area contributed by atoms with Crippen molar-refractivity contribution < 1.29 is 23.7 Å². The molecule has 2 aromatic carbocycles. The van der Waals surface area contributed by atoms with Crippen molar-refractivity contribution in [2.75, 3.05) is 21.3 Å². The lowest BCUT2D eigenvalue weighted by atomic mass is 10.1. The number of benzene rings is 2. The minimum absolute atomic E-state index is 0.220. The van der Waals surface area contributed by atoms with Gasteiger partial charge in [0, 0.05) is 24.5 Å². The molecule has 0 atom stereocenters. The molecule has 0 fully saturated rings. The van der Waals surface area contributed by atoms with Gasteiger partial charge in [-0.3, -0.25) is 4.79 Å². The summed E-state index contributed by atoms with van der Waals surface area (Å²) in [5.74, 6) is 1.94. The van der Waals surface area contributed by atoms with E-state index in [1.807, 2.05) is 41.9 Å². The first-order chi connectivity index (χ1) is 16.5. The maximum atomic E-state index is 12.8. The van der Waals surface area contributed by atoms with Gasteiger partial charge in [-0.2, -0.15) is 0 Å². The Labute approximate surface area is 198 Å². The van der Waals surface area contributed by atoms with Crippen molar-refractivity contribution in [2.24, 2.45) is 0 Å². The largest absolute Gasteiger partial charge is 0.493 e. The van der Waals surface area contributed by atoms with Crippen LogP contribution in [0.3, 0.4) is 0 Å². The molecular weight excluding hydrogens is 434 g/mol. The molecule has 8 heteroatoms. The maximum absolute atomic E-state index is 12.8. The van der Waals surface area contributed by atoms with E-state index in [0.717, 1.165) is 22.5 Å². The molecule has 4 rings (SSSR count). The molecule has 34 heavy (non-hydrogen) atoms. The molecule has 8 nitrogen and oxygen atoms in total. The Kier molecular flexibility index (Phi) is 6.87. The number of fused-ring (bicyclic) bond motifs is 1. The second-order valence-corrected chi connectivity index (χ2v) is 7.74. The SMILES string of the molecule is COc1cc(CNC(=O)c2cccc(OCc3cn4cc(C)ccc4n3)c2)cc(OC)c1OC. The van der Waals surface area contributed by atoms with Crippen molar-refractivity contribution in [2.45, 2.75) is 20.1 Å². The average Bonchev–Trinajstić information content (AvgIpc) is 3.27. The highest BCUT2D eigenvalue weighted by atomic mass is 16.5. The van der Waals surface area contributed by atoms with Gasteiger partial charge in [0.1, 0.15) is 18.0 Å². The summed E-state index contributed by atoms with van der Waals surface area (Å²) in [6, 6.07) is 14.7. The highest BCUT2D eigenvalue weighted by molar-refractivity contribution is 5.94. The first kappa shape index (κ1) is 23.0. The van der Waals surface area contributed by atoms with Crippen LogP contribution in [-0.2, 0) is 13.2 Å². The lowest BCUT2D eigenvalue weighted by Crippen LogP contribution is -2.22. The molecule has 1 amide bonds. The summed E-state index contributed by atoms with van der Waals surface area (Å²) in [6.45, 7) is 2.63. The molecule has 0 spiro atoms. The fraction of sp³-hybridized carbons (Fsp3) is 0.231. The van der Waals surface area contributed by atoms with E-state index in [9.17, 15) is 4.79 Å². The van der Waals surface area contributed by atoms with E-state index in [4.69, 9.17) is 18.9 Å². The third kappa shape index (κ3) is 5.06. The smallest absolute Gasteiger partial charge is 0.251 e.